The van der Waals surface area contributed by atoms with Crippen molar-refractivity contribution >= 4 is 15.9 Å². The van der Waals surface area contributed by atoms with Crippen molar-refractivity contribution in [1.29, 1.82) is 0 Å². The molecule has 1 aliphatic carbocycles. The summed E-state index contributed by atoms with van der Waals surface area (Å²) in [5.41, 5.74) is 2.02. The molecule has 1 aromatic rings. The molecule has 0 spiro atoms. The highest BCUT2D eigenvalue weighted by Crippen LogP contribution is 2.72. The lowest BCUT2D eigenvalue weighted by atomic mass is 10.0. The highest BCUT2D eigenvalue weighted by molar-refractivity contribution is 9.10. The first-order valence-corrected chi connectivity index (χ1v) is 7.96. The lowest BCUT2D eigenvalue weighted by Gasteiger charge is -2.21. The van der Waals surface area contributed by atoms with Crippen LogP contribution in [0.15, 0.2) is 10.7 Å². The maximum atomic E-state index is 4.51. The first-order valence-electron chi connectivity index (χ1n) is 7.17. The fourth-order valence-electron chi connectivity index (χ4n) is 3.61. The summed E-state index contributed by atoms with van der Waals surface area (Å²) in [6, 6.07) is 0.355. The average Bonchev–Trinajstić information content (AvgIpc) is 2.60. The molecule has 0 amide bonds. The molecule has 1 N–H and O–H groups in total. The van der Waals surface area contributed by atoms with Gasteiger partial charge in [0.25, 0.3) is 0 Å². The van der Waals surface area contributed by atoms with Crippen LogP contribution in [0.4, 0.5) is 0 Å². The van der Waals surface area contributed by atoms with E-state index in [9.17, 15) is 0 Å². The van der Waals surface area contributed by atoms with E-state index in [1.807, 2.05) is 6.20 Å². The largest absolute Gasteiger partial charge is 0.311 e. The molecule has 1 aliphatic rings. The van der Waals surface area contributed by atoms with Crippen molar-refractivity contribution in [2.75, 3.05) is 7.05 Å². The van der Waals surface area contributed by atoms with E-state index < -0.39 is 0 Å². The van der Waals surface area contributed by atoms with E-state index in [0.29, 0.717) is 22.8 Å². The number of aryl methyl sites for hydroxylation is 1. The molecule has 0 aromatic carbocycles. The Labute approximate surface area is 125 Å². The van der Waals surface area contributed by atoms with Gasteiger partial charge < -0.3 is 5.32 Å². The van der Waals surface area contributed by atoms with Gasteiger partial charge in [-0.25, -0.2) is 0 Å². The monoisotopic (exact) mass is 327 g/mol. The smallest absolute Gasteiger partial charge is 0.0698 e. The van der Waals surface area contributed by atoms with Crippen molar-refractivity contribution in [2.24, 2.45) is 16.7 Å². The van der Waals surface area contributed by atoms with E-state index in [2.05, 4.69) is 72.7 Å². The Morgan fingerprint density at radius 2 is 1.95 bits per heavy atom. The molecule has 0 radical (unpaired) electrons. The summed E-state index contributed by atoms with van der Waals surface area (Å²) in [5, 5.41) is 8.04. The highest BCUT2D eigenvalue weighted by atomic mass is 79.9. The molecule has 4 heteroatoms. The molecular weight excluding hydrogens is 302 g/mol. The minimum absolute atomic E-state index is 0.355. The third-order valence-electron chi connectivity index (χ3n) is 5.34. The van der Waals surface area contributed by atoms with Gasteiger partial charge in [0.05, 0.1) is 22.4 Å². The van der Waals surface area contributed by atoms with Gasteiger partial charge in [0, 0.05) is 6.54 Å². The molecule has 1 heterocycles. The minimum Gasteiger partial charge on any atom is -0.311 e. The van der Waals surface area contributed by atoms with Gasteiger partial charge in [0.2, 0.25) is 0 Å². The molecule has 3 nitrogen and oxygen atoms in total. The van der Waals surface area contributed by atoms with E-state index in [1.54, 1.807) is 0 Å². The van der Waals surface area contributed by atoms with Gasteiger partial charge in [-0.15, -0.1) is 0 Å². The summed E-state index contributed by atoms with van der Waals surface area (Å²) in [4.78, 5) is 0. The Morgan fingerprint density at radius 3 is 2.37 bits per heavy atom. The van der Waals surface area contributed by atoms with Gasteiger partial charge in [-0.05, 0) is 46.1 Å². The zero-order valence-electron chi connectivity index (χ0n) is 12.9. The van der Waals surface area contributed by atoms with Crippen LogP contribution < -0.4 is 5.32 Å². The van der Waals surface area contributed by atoms with Crippen LogP contribution in [-0.4, -0.2) is 16.8 Å². The molecule has 0 aliphatic heterocycles. The lowest BCUT2D eigenvalue weighted by molar-refractivity contribution is 0.401. The van der Waals surface area contributed by atoms with Crippen LogP contribution in [0.5, 0.6) is 0 Å². The van der Waals surface area contributed by atoms with Crippen LogP contribution in [0.3, 0.4) is 0 Å². The molecule has 1 unspecified atom stereocenters. The molecule has 0 saturated heterocycles. The summed E-state index contributed by atoms with van der Waals surface area (Å²) in [6.45, 7) is 12.7. The topological polar surface area (TPSA) is 29.9 Å². The maximum absolute atomic E-state index is 4.51. The van der Waals surface area contributed by atoms with Crippen molar-refractivity contribution in [3.8, 4) is 0 Å². The number of hydrogen-bond donors (Lipinski definition) is 1. The molecular formula is C15H26BrN3. The quantitative estimate of drug-likeness (QED) is 0.885. The first-order chi connectivity index (χ1) is 8.79. The van der Waals surface area contributed by atoms with Crippen LogP contribution in [-0.2, 0) is 6.54 Å². The lowest BCUT2D eigenvalue weighted by Crippen LogP contribution is -2.25. The SMILES string of the molecule is CCCn1ncc(Br)c1C(NC)C1C(C)(C)C1(C)C. The Morgan fingerprint density at radius 1 is 1.37 bits per heavy atom. The number of aromatic nitrogens is 2. The highest BCUT2D eigenvalue weighted by Gasteiger charge is 2.67. The van der Waals surface area contributed by atoms with E-state index in [4.69, 9.17) is 0 Å². The van der Waals surface area contributed by atoms with E-state index in [-0.39, 0.29) is 0 Å². The Bertz CT molecular complexity index is 448. The molecule has 1 fully saturated rings. The van der Waals surface area contributed by atoms with Crippen molar-refractivity contribution in [1.82, 2.24) is 15.1 Å². The summed E-state index contributed by atoms with van der Waals surface area (Å²) < 4.78 is 3.27. The number of hydrogen-bond acceptors (Lipinski definition) is 2. The second-order valence-corrected chi connectivity index (χ2v) is 7.64. The van der Waals surface area contributed by atoms with Crippen molar-refractivity contribution in [3.05, 3.63) is 16.4 Å². The molecule has 1 atom stereocenters. The van der Waals surface area contributed by atoms with Crippen molar-refractivity contribution in [3.63, 3.8) is 0 Å². The molecule has 1 aromatic heterocycles. The van der Waals surface area contributed by atoms with Gasteiger partial charge in [0.15, 0.2) is 0 Å². The summed E-state index contributed by atoms with van der Waals surface area (Å²) in [6.07, 6.45) is 3.03. The zero-order valence-corrected chi connectivity index (χ0v) is 14.5. The third kappa shape index (κ3) is 2.17. The molecule has 2 rings (SSSR count). The van der Waals surface area contributed by atoms with Crippen molar-refractivity contribution in [2.45, 2.75) is 53.6 Å². The number of nitrogens with one attached hydrogen (secondary N) is 1. The van der Waals surface area contributed by atoms with Gasteiger partial charge in [-0.3, -0.25) is 4.68 Å². The van der Waals surface area contributed by atoms with Gasteiger partial charge in [0.1, 0.15) is 0 Å². The molecule has 19 heavy (non-hydrogen) atoms. The van der Waals surface area contributed by atoms with Crippen LogP contribution in [0, 0.1) is 16.7 Å². The van der Waals surface area contributed by atoms with Gasteiger partial charge in [-0.1, -0.05) is 34.6 Å². The van der Waals surface area contributed by atoms with Crippen LogP contribution in [0.1, 0.15) is 52.8 Å². The molecule has 1 saturated carbocycles. The fraction of sp³-hybridized carbons (Fsp3) is 0.800. The number of halogens is 1. The normalized spacial score (nSPS) is 22.5. The number of nitrogens with zero attached hydrogens (tertiary/aromatic N) is 2. The minimum atomic E-state index is 0.355. The fourth-order valence-corrected chi connectivity index (χ4v) is 4.16. The third-order valence-corrected chi connectivity index (χ3v) is 5.95. The van der Waals surface area contributed by atoms with E-state index in [0.717, 1.165) is 17.4 Å². The maximum Gasteiger partial charge on any atom is 0.0698 e. The predicted molar refractivity (Wildman–Crippen MR) is 83.1 cm³/mol. The Kier molecular flexibility index (Phi) is 3.87. The Hall–Kier alpha value is -0.350. The average molecular weight is 328 g/mol. The predicted octanol–water partition coefficient (Wildman–Crippen LogP) is 4.00. The van der Waals surface area contributed by atoms with Crippen LogP contribution in [0.25, 0.3) is 0 Å². The van der Waals surface area contributed by atoms with Crippen molar-refractivity contribution < 1.29 is 0 Å². The standard InChI is InChI=1S/C15H26BrN3/c1-7-8-19-12(10(16)9-18-19)11(17-6)13-14(2,3)15(13,4)5/h9,11,13,17H,7-8H2,1-6H3. The second-order valence-electron chi connectivity index (χ2n) is 6.79. The van der Waals surface area contributed by atoms with Gasteiger partial charge in [-0.2, -0.15) is 5.10 Å². The molecule has 0 bridgehead atoms. The van der Waals surface area contributed by atoms with E-state index >= 15 is 0 Å². The van der Waals surface area contributed by atoms with Crippen LogP contribution >= 0.6 is 15.9 Å². The summed E-state index contributed by atoms with van der Waals surface area (Å²) >= 11 is 3.68. The summed E-state index contributed by atoms with van der Waals surface area (Å²) in [7, 11) is 2.06. The second kappa shape index (κ2) is 4.88. The zero-order chi connectivity index (χ0) is 14.4. The molecule has 108 valence electrons. The Balaban J connectivity index is 2.37. The number of rotatable bonds is 5. The first kappa shape index (κ1) is 15.0. The van der Waals surface area contributed by atoms with Crippen LogP contribution in [0.2, 0.25) is 0 Å². The van der Waals surface area contributed by atoms with Gasteiger partial charge >= 0.3 is 0 Å². The summed E-state index contributed by atoms with van der Waals surface area (Å²) in [5.74, 6) is 0.633. The van der Waals surface area contributed by atoms with E-state index in [1.165, 1.54) is 5.69 Å².